The molecule has 4 heteroatoms. The van der Waals surface area contributed by atoms with Gasteiger partial charge in [-0.1, -0.05) is 12.5 Å². The Labute approximate surface area is 106 Å². The number of hydrogen-bond acceptors (Lipinski definition) is 3. The maximum atomic E-state index is 4.54. The largest absolute Gasteiger partial charge is 0.350 e. The van der Waals surface area contributed by atoms with Crippen LogP contribution < -0.4 is 5.32 Å². The van der Waals surface area contributed by atoms with E-state index in [2.05, 4.69) is 28.4 Å². The number of nitrogens with zero attached hydrogens (tertiary/aromatic N) is 3. The highest BCUT2D eigenvalue weighted by Crippen LogP contribution is 2.45. The average Bonchev–Trinajstić information content (AvgIpc) is 3.02. The number of fused-ring (bicyclic) bond motifs is 3. The van der Waals surface area contributed by atoms with Crippen LogP contribution in [-0.4, -0.2) is 20.6 Å². The molecule has 4 nitrogen and oxygen atoms in total. The first kappa shape index (κ1) is 10.4. The van der Waals surface area contributed by atoms with Gasteiger partial charge < -0.3 is 5.32 Å². The lowest BCUT2D eigenvalue weighted by Gasteiger charge is -2.21. The van der Waals surface area contributed by atoms with Gasteiger partial charge in [0, 0.05) is 12.2 Å². The second kappa shape index (κ2) is 3.70. The number of nitrogens with one attached hydrogen (secondary N) is 1. The summed E-state index contributed by atoms with van der Waals surface area (Å²) in [5.41, 5.74) is 2.13. The Morgan fingerprint density at radius 3 is 3.00 bits per heavy atom. The molecular weight excluding hydrogens is 224 g/mol. The minimum absolute atomic E-state index is 0.599. The molecule has 0 amide bonds. The first-order valence-corrected chi connectivity index (χ1v) is 6.87. The summed E-state index contributed by atoms with van der Waals surface area (Å²) in [7, 11) is 0. The molecule has 0 aromatic carbocycles. The lowest BCUT2D eigenvalue weighted by atomic mass is 9.95. The zero-order chi connectivity index (χ0) is 12.1. The van der Waals surface area contributed by atoms with Gasteiger partial charge in [-0.05, 0) is 49.7 Å². The van der Waals surface area contributed by atoms with Crippen LogP contribution in [0.3, 0.4) is 0 Å². The normalized spacial score (nSPS) is 30.2. The second-order valence-electron chi connectivity index (χ2n) is 5.87. The van der Waals surface area contributed by atoms with Gasteiger partial charge in [-0.2, -0.15) is 4.98 Å². The first-order chi connectivity index (χ1) is 8.78. The van der Waals surface area contributed by atoms with Gasteiger partial charge in [0.15, 0.2) is 5.65 Å². The van der Waals surface area contributed by atoms with Gasteiger partial charge in [-0.25, -0.2) is 4.52 Å². The molecule has 1 N–H and O–H groups in total. The summed E-state index contributed by atoms with van der Waals surface area (Å²) in [5.74, 6) is 2.59. The van der Waals surface area contributed by atoms with Crippen LogP contribution in [0.2, 0.25) is 0 Å². The summed E-state index contributed by atoms with van der Waals surface area (Å²) in [6, 6.07) is 4.70. The van der Waals surface area contributed by atoms with Crippen molar-refractivity contribution in [1.82, 2.24) is 14.6 Å². The van der Waals surface area contributed by atoms with Crippen molar-refractivity contribution < 1.29 is 0 Å². The third-order valence-electron chi connectivity index (χ3n) is 4.53. The van der Waals surface area contributed by atoms with E-state index in [0.29, 0.717) is 6.04 Å². The number of rotatable bonds is 2. The van der Waals surface area contributed by atoms with Crippen LogP contribution in [0.1, 0.15) is 31.2 Å². The van der Waals surface area contributed by atoms with Crippen molar-refractivity contribution in [2.45, 2.75) is 38.6 Å². The monoisotopic (exact) mass is 242 g/mol. The quantitative estimate of drug-likeness (QED) is 0.880. The lowest BCUT2D eigenvalue weighted by Crippen LogP contribution is -2.26. The Morgan fingerprint density at radius 2 is 2.22 bits per heavy atom. The van der Waals surface area contributed by atoms with E-state index in [1.54, 1.807) is 0 Å². The van der Waals surface area contributed by atoms with E-state index >= 15 is 0 Å². The SMILES string of the molecule is Cc1ccc2nc(NC3CC4CCC3C4)nn2c1. The molecular formula is C14H18N4. The fraction of sp³-hybridized carbons (Fsp3) is 0.571. The number of aryl methyl sites for hydroxylation is 1. The van der Waals surface area contributed by atoms with Gasteiger partial charge in [0.2, 0.25) is 5.95 Å². The predicted octanol–water partition coefficient (Wildman–Crippen LogP) is 2.64. The summed E-state index contributed by atoms with van der Waals surface area (Å²) in [6.45, 7) is 2.07. The topological polar surface area (TPSA) is 42.2 Å². The molecule has 2 saturated carbocycles. The molecule has 2 aromatic heterocycles. The molecule has 2 heterocycles. The van der Waals surface area contributed by atoms with Crippen molar-refractivity contribution in [3.05, 3.63) is 23.9 Å². The summed E-state index contributed by atoms with van der Waals surface area (Å²) in [5, 5.41) is 8.05. The van der Waals surface area contributed by atoms with Gasteiger partial charge in [0.25, 0.3) is 0 Å². The van der Waals surface area contributed by atoms with Crippen LogP contribution in [0.5, 0.6) is 0 Å². The van der Waals surface area contributed by atoms with Crippen LogP contribution in [0, 0.1) is 18.8 Å². The molecule has 0 saturated heterocycles. The van der Waals surface area contributed by atoms with Gasteiger partial charge in [0.1, 0.15) is 0 Å². The van der Waals surface area contributed by atoms with Gasteiger partial charge in [-0.15, -0.1) is 5.10 Å². The van der Waals surface area contributed by atoms with Crippen molar-refractivity contribution in [1.29, 1.82) is 0 Å². The number of anilines is 1. The lowest BCUT2D eigenvalue weighted by molar-refractivity contribution is 0.438. The molecule has 0 aliphatic heterocycles. The first-order valence-electron chi connectivity index (χ1n) is 6.87. The minimum atomic E-state index is 0.599. The van der Waals surface area contributed by atoms with Crippen LogP contribution >= 0.6 is 0 Å². The van der Waals surface area contributed by atoms with Crippen molar-refractivity contribution in [3.8, 4) is 0 Å². The van der Waals surface area contributed by atoms with Gasteiger partial charge in [0.05, 0.1) is 0 Å². The molecule has 0 radical (unpaired) electrons. The molecule has 18 heavy (non-hydrogen) atoms. The van der Waals surface area contributed by atoms with Gasteiger partial charge in [-0.3, -0.25) is 0 Å². The van der Waals surface area contributed by atoms with Crippen molar-refractivity contribution in [2.75, 3.05) is 5.32 Å². The van der Waals surface area contributed by atoms with Crippen LogP contribution in [-0.2, 0) is 0 Å². The Morgan fingerprint density at radius 1 is 1.28 bits per heavy atom. The Hall–Kier alpha value is -1.58. The Bertz CT molecular complexity index is 588. The molecule has 0 spiro atoms. The molecule has 2 aliphatic carbocycles. The van der Waals surface area contributed by atoms with Crippen molar-refractivity contribution in [3.63, 3.8) is 0 Å². The molecule has 94 valence electrons. The predicted molar refractivity (Wildman–Crippen MR) is 70.6 cm³/mol. The van der Waals surface area contributed by atoms with E-state index in [1.807, 2.05) is 16.8 Å². The zero-order valence-corrected chi connectivity index (χ0v) is 10.6. The summed E-state index contributed by atoms with van der Waals surface area (Å²) in [4.78, 5) is 4.54. The maximum absolute atomic E-state index is 4.54. The highest BCUT2D eigenvalue weighted by atomic mass is 15.3. The van der Waals surface area contributed by atoms with E-state index in [4.69, 9.17) is 0 Å². The molecule has 2 aromatic rings. The summed E-state index contributed by atoms with van der Waals surface area (Å²) < 4.78 is 1.87. The third kappa shape index (κ3) is 1.59. The van der Waals surface area contributed by atoms with E-state index in [-0.39, 0.29) is 0 Å². The molecule has 3 atom stereocenters. The van der Waals surface area contributed by atoms with Crippen molar-refractivity contribution >= 4 is 11.6 Å². The standard InChI is InChI=1S/C14H18N4/c1-9-2-5-13-16-14(17-18(13)8-9)15-12-7-10-3-4-11(12)6-10/h2,5,8,10-12H,3-4,6-7H2,1H3,(H,15,17). The smallest absolute Gasteiger partial charge is 0.243 e. The summed E-state index contributed by atoms with van der Waals surface area (Å²) in [6.07, 6.45) is 7.55. The Kier molecular flexibility index (Phi) is 2.13. The Balaban J connectivity index is 1.59. The summed E-state index contributed by atoms with van der Waals surface area (Å²) >= 11 is 0. The molecule has 3 unspecified atom stereocenters. The number of aromatic nitrogens is 3. The van der Waals surface area contributed by atoms with E-state index in [9.17, 15) is 0 Å². The molecule has 2 aliphatic rings. The zero-order valence-electron chi connectivity index (χ0n) is 10.6. The fourth-order valence-electron chi connectivity index (χ4n) is 3.63. The third-order valence-corrected chi connectivity index (χ3v) is 4.53. The molecule has 2 fully saturated rings. The van der Waals surface area contributed by atoms with E-state index < -0.39 is 0 Å². The minimum Gasteiger partial charge on any atom is -0.350 e. The van der Waals surface area contributed by atoms with Crippen LogP contribution in [0.15, 0.2) is 18.3 Å². The molecule has 4 rings (SSSR count). The van der Waals surface area contributed by atoms with E-state index in [0.717, 1.165) is 23.4 Å². The highest BCUT2D eigenvalue weighted by Gasteiger charge is 2.39. The molecule has 2 bridgehead atoms. The highest BCUT2D eigenvalue weighted by molar-refractivity contribution is 5.44. The number of pyridine rings is 1. The van der Waals surface area contributed by atoms with Crippen molar-refractivity contribution in [2.24, 2.45) is 11.8 Å². The maximum Gasteiger partial charge on any atom is 0.243 e. The van der Waals surface area contributed by atoms with E-state index in [1.165, 1.54) is 31.2 Å². The van der Waals surface area contributed by atoms with Crippen LogP contribution in [0.25, 0.3) is 5.65 Å². The second-order valence-corrected chi connectivity index (χ2v) is 5.87. The number of hydrogen-bond donors (Lipinski definition) is 1. The van der Waals surface area contributed by atoms with Crippen LogP contribution in [0.4, 0.5) is 5.95 Å². The average molecular weight is 242 g/mol. The fourth-order valence-corrected chi connectivity index (χ4v) is 3.63. The van der Waals surface area contributed by atoms with Gasteiger partial charge >= 0.3 is 0 Å².